The molecule has 1 aromatic carbocycles. The Morgan fingerprint density at radius 1 is 1.13 bits per heavy atom. The third-order valence-corrected chi connectivity index (χ3v) is 4.07. The lowest BCUT2D eigenvalue weighted by molar-refractivity contribution is -0.129. The zero-order chi connectivity index (χ0) is 17.4. The minimum absolute atomic E-state index is 0.0107. The fourth-order valence-corrected chi connectivity index (χ4v) is 2.36. The molecule has 0 aromatic heterocycles. The van der Waals surface area contributed by atoms with Gasteiger partial charge in [0, 0.05) is 27.2 Å². The standard InChI is InChI=1S/C18H29N3O2/c1-6-10-14(2)21(5)18(23)19-16(13-17(22)20(3)4)15-11-8-7-9-12-15/h7-9,11-12,14,16H,6,10,13H2,1-5H3,(H,19,23)/t14-,16+/m0/s1. The van der Waals surface area contributed by atoms with Gasteiger partial charge >= 0.3 is 6.03 Å². The highest BCUT2D eigenvalue weighted by Gasteiger charge is 2.22. The number of nitrogens with one attached hydrogen (secondary N) is 1. The molecule has 0 radical (unpaired) electrons. The summed E-state index contributed by atoms with van der Waals surface area (Å²) < 4.78 is 0. The van der Waals surface area contributed by atoms with E-state index in [2.05, 4.69) is 12.2 Å². The van der Waals surface area contributed by atoms with Gasteiger partial charge in [-0.1, -0.05) is 43.7 Å². The van der Waals surface area contributed by atoms with E-state index >= 15 is 0 Å². The van der Waals surface area contributed by atoms with Gasteiger partial charge in [-0.2, -0.15) is 0 Å². The Morgan fingerprint density at radius 3 is 2.26 bits per heavy atom. The van der Waals surface area contributed by atoms with E-state index < -0.39 is 0 Å². The first-order valence-electron chi connectivity index (χ1n) is 8.15. The Kier molecular flexibility index (Phi) is 7.59. The Morgan fingerprint density at radius 2 is 1.74 bits per heavy atom. The number of nitrogens with zero attached hydrogens (tertiary/aromatic N) is 2. The number of carbonyl (C=O) groups excluding carboxylic acids is 2. The van der Waals surface area contributed by atoms with E-state index in [4.69, 9.17) is 0 Å². The van der Waals surface area contributed by atoms with Crippen LogP contribution < -0.4 is 5.32 Å². The van der Waals surface area contributed by atoms with Gasteiger partial charge < -0.3 is 15.1 Å². The van der Waals surface area contributed by atoms with Crippen molar-refractivity contribution in [3.05, 3.63) is 35.9 Å². The van der Waals surface area contributed by atoms with Crippen LogP contribution in [0.4, 0.5) is 4.79 Å². The van der Waals surface area contributed by atoms with E-state index in [1.807, 2.05) is 37.3 Å². The summed E-state index contributed by atoms with van der Waals surface area (Å²) in [6.45, 7) is 4.14. The molecule has 1 rings (SSSR count). The highest BCUT2D eigenvalue weighted by atomic mass is 16.2. The van der Waals surface area contributed by atoms with E-state index in [1.165, 1.54) is 0 Å². The van der Waals surface area contributed by atoms with E-state index in [9.17, 15) is 9.59 Å². The van der Waals surface area contributed by atoms with Crippen molar-refractivity contribution in [2.24, 2.45) is 0 Å². The van der Waals surface area contributed by atoms with Crippen LogP contribution in [0.1, 0.15) is 44.7 Å². The summed E-state index contributed by atoms with van der Waals surface area (Å²) in [7, 11) is 5.24. The van der Waals surface area contributed by atoms with Crippen molar-refractivity contribution >= 4 is 11.9 Å². The molecule has 0 aliphatic carbocycles. The first-order valence-corrected chi connectivity index (χ1v) is 8.15. The molecule has 0 heterocycles. The third kappa shape index (κ3) is 5.93. The topological polar surface area (TPSA) is 52.7 Å². The molecule has 128 valence electrons. The predicted molar refractivity (Wildman–Crippen MR) is 93.2 cm³/mol. The quantitative estimate of drug-likeness (QED) is 0.840. The molecule has 0 bridgehead atoms. The van der Waals surface area contributed by atoms with Crippen LogP contribution in [0.5, 0.6) is 0 Å². The van der Waals surface area contributed by atoms with Gasteiger partial charge in [0.2, 0.25) is 5.91 Å². The molecular formula is C18H29N3O2. The highest BCUT2D eigenvalue weighted by molar-refractivity contribution is 5.79. The Labute approximate surface area is 139 Å². The van der Waals surface area contributed by atoms with E-state index in [0.29, 0.717) is 0 Å². The average molecular weight is 319 g/mol. The van der Waals surface area contributed by atoms with Crippen LogP contribution in [0, 0.1) is 0 Å². The molecule has 0 saturated heterocycles. The molecule has 1 aromatic rings. The van der Waals surface area contributed by atoms with Gasteiger partial charge in [0.15, 0.2) is 0 Å². The lowest BCUT2D eigenvalue weighted by Crippen LogP contribution is -2.44. The minimum Gasteiger partial charge on any atom is -0.349 e. The van der Waals surface area contributed by atoms with Crippen LogP contribution >= 0.6 is 0 Å². The van der Waals surface area contributed by atoms with E-state index in [1.54, 1.807) is 30.9 Å². The number of amides is 3. The zero-order valence-corrected chi connectivity index (χ0v) is 14.9. The average Bonchev–Trinajstić information content (AvgIpc) is 2.54. The highest BCUT2D eigenvalue weighted by Crippen LogP contribution is 2.18. The maximum absolute atomic E-state index is 12.5. The van der Waals surface area contributed by atoms with Gasteiger partial charge in [0.1, 0.15) is 0 Å². The van der Waals surface area contributed by atoms with Gasteiger partial charge in [0.05, 0.1) is 12.5 Å². The van der Waals surface area contributed by atoms with Gasteiger partial charge in [-0.05, 0) is 18.9 Å². The Balaban J connectivity index is 2.84. The van der Waals surface area contributed by atoms with Crippen LogP contribution in [0.3, 0.4) is 0 Å². The maximum atomic E-state index is 12.5. The molecule has 0 aliphatic rings. The van der Waals surface area contributed by atoms with Crippen LogP contribution in [0.15, 0.2) is 30.3 Å². The molecule has 0 fully saturated rings. The van der Waals surface area contributed by atoms with Crippen molar-refractivity contribution in [3.63, 3.8) is 0 Å². The smallest absolute Gasteiger partial charge is 0.317 e. The SMILES string of the molecule is CCC[C@H](C)N(C)C(=O)N[C@H](CC(=O)N(C)C)c1ccccc1. The Hall–Kier alpha value is -2.04. The summed E-state index contributed by atoms with van der Waals surface area (Å²) in [6.07, 6.45) is 2.23. The number of rotatable bonds is 7. The van der Waals surface area contributed by atoms with Crippen molar-refractivity contribution in [3.8, 4) is 0 Å². The van der Waals surface area contributed by atoms with Crippen LogP contribution in [0.2, 0.25) is 0 Å². The number of urea groups is 1. The lowest BCUT2D eigenvalue weighted by Gasteiger charge is -2.28. The van der Waals surface area contributed by atoms with E-state index in [-0.39, 0.29) is 30.4 Å². The van der Waals surface area contributed by atoms with Crippen molar-refractivity contribution in [2.75, 3.05) is 21.1 Å². The van der Waals surface area contributed by atoms with Crippen molar-refractivity contribution < 1.29 is 9.59 Å². The molecule has 3 amide bonds. The summed E-state index contributed by atoms with van der Waals surface area (Å²) in [6, 6.07) is 9.32. The predicted octanol–water partition coefficient (Wildman–Crippen LogP) is 3.04. The largest absolute Gasteiger partial charge is 0.349 e. The van der Waals surface area contributed by atoms with Crippen LogP contribution in [-0.2, 0) is 4.79 Å². The van der Waals surface area contributed by atoms with Gasteiger partial charge in [-0.3, -0.25) is 4.79 Å². The number of hydrogen-bond donors (Lipinski definition) is 1. The summed E-state index contributed by atoms with van der Waals surface area (Å²) in [5.74, 6) is -0.0107. The summed E-state index contributed by atoms with van der Waals surface area (Å²) in [5.41, 5.74) is 0.938. The molecular weight excluding hydrogens is 290 g/mol. The van der Waals surface area contributed by atoms with Gasteiger partial charge in [-0.15, -0.1) is 0 Å². The normalized spacial score (nSPS) is 13.1. The lowest BCUT2D eigenvalue weighted by atomic mass is 10.0. The number of carbonyl (C=O) groups is 2. The Bertz CT molecular complexity index is 502. The second kappa shape index (κ2) is 9.18. The second-order valence-electron chi connectivity index (χ2n) is 6.15. The van der Waals surface area contributed by atoms with Gasteiger partial charge in [-0.25, -0.2) is 4.79 Å². The number of benzene rings is 1. The fourth-order valence-electron chi connectivity index (χ4n) is 2.36. The summed E-state index contributed by atoms with van der Waals surface area (Å²) >= 11 is 0. The molecule has 0 spiro atoms. The molecule has 23 heavy (non-hydrogen) atoms. The molecule has 0 saturated carbocycles. The van der Waals surface area contributed by atoms with Gasteiger partial charge in [0.25, 0.3) is 0 Å². The molecule has 5 heteroatoms. The fraction of sp³-hybridized carbons (Fsp3) is 0.556. The third-order valence-electron chi connectivity index (χ3n) is 4.07. The van der Waals surface area contributed by atoms with E-state index in [0.717, 1.165) is 18.4 Å². The molecule has 2 atom stereocenters. The van der Waals surface area contributed by atoms with Crippen molar-refractivity contribution in [2.45, 2.75) is 45.2 Å². The van der Waals surface area contributed by atoms with Crippen molar-refractivity contribution in [1.82, 2.24) is 15.1 Å². The molecule has 5 nitrogen and oxygen atoms in total. The molecule has 0 unspecified atom stereocenters. The summed E-state index contributed by atoms with van der Waals surface area (Å²) in [4.78, 5) is 27.8. The van der Waals surface area contributed by atoms with Crippen molar-refractivity contribution in [1.29, 1.82) is 0 Å². The monoisotopic (exact) mass is 319 g/mol. The first-order chi connectivity index (χ1) is 10.9. The summed E-state index contributed by atoms with van der Waals surface area (Å²) in [5, 5.41) is 3.00. The second-order valence-corrected chi connectivity index (χ2v) is 6.15. The first kappa shape index (κ1) is 19.0. The molecule has 0 aliphatic heterocycles. The van der Waals surface area contributed by atoms with Crippen LogP contribution in [0.25, 0.3) is 0 Å². The maximum Gasteiger partial charge on any atom is 0.317 e. The number of hydrogen-bond acceptors (Lipinski definition) is 2. The zero-order valence-electron chi connectivity index (χ0n) is 14.9. The molecule has 1 N–H and O–H groups in total. The minimum atomic E-state index is -0.324. The van der Waals surface area contributed by atoms with Crippen LogP contribution in [-0.4, -0.2) is 48.9 Å².